The van der Waals surface area contributed by atoms with Crippen LogP contribution in [0.4, 0.5) is 0 Å². The lowest BCUT2D eigenvalue weighted by atomic mass is 10.0. The van der Waals surface area contributed by atoms with Crippen molar-refractivity contribution >= 4 is 22.6 Å². The Morgan fingerprint density at radius 2 is 1.36 bits per heavy atom. The van der Waals surface area contributed by atoms with E-state index in [9.17, 15) is 9.59 Å². The number of carbonyl (C=O) groups excluding carboxylic acids is 1. The van der Waals surface area contributed by atoms with Gasteiger partial charge in [-0.15, -0.1) is 0 Å². The molecule has 0 radical (unpaired) electrons. The molecule has 3 N–H and O–H groups in total. The highest BCUT2D eigenvalue weighted by molar-refractivity contribution is 6.06. The Labute approximate surface area is 127 Å². The molecule has 0 fully saturated rings. The van der Waals surface area contributed by atoms with E-state index in [1.165, 1.54) is 0 Å². The third-order valence-corrected chi connectivity index (χ3v) is 3.08. The number of carbonyl (C=O) groups is 2. The van der Waals surface area contributed by atoms with Crippen LogP contribution in [0.2, 0.25) is 0 Å². The van der Waals surface area contributed by atoms with E-state index < -0.39 is 5.97 Å². The molecule has 4 heteroatoms. The summed E-state index contributed by atoms with van der Waals surface area (Å²) in [6.07, 6.45) is 0. The van der Waals surface area contributed by atoms with E-state index in [1.807, 2.05) is 36.4 Å². The zero-order valence-corrected chi connectivity index (χ0v) is 11.8. The number of rotatable bonds is 2. The summed E-state index contributed by atoms with van der Waals surface area (Å²) in [4.78, 5) is 21.2. The van der Waals surface area contributed by atoms with Gasteiger partial charge in [-0.2, -0.15) is 0 Å². The molecule has 0 aromatic heterocycles. The highest BCUT2D eigenvalue weighted by Crippen LogP contribution is 2.17. The molecular weight excluding hydrogens is 278 g/mol. The second-order valence-corrected chi connectivity index (χ2v) is 4.56. The number of carboxylic acids is 1. The van der Waals surface area contributed by atoms with Gasteiger partial charge >= 0.3 is 5.97 Å². The number of hydrogen-bond donors (Lipinski definition) is 2. The Morgan fingerprint density at radius 3 is 1.95 bits per heavy atom. The van der Waals surface area contributed by atoms with Crippen LogP contribution in [0.15, 0.2) is 72.8 Å². The van der Waals surface area contributed by atoms with Crippen LogP contribution in [0.5, 0.6) is 0 Å². The fourth-order valence-corrected chi connectivity index (χ4v) is 2.02. The minimum Gasteiger partial charge on any atom is -0.478 e. The van der Waals surface area contributed by atoms with Crippen LogP contribution in [0, 0.1) is 0 Å². The number of primary amides is 1. The minimum atomic E-state index is -0.879. The van der Waals surface area contributed by atoms with Gasteiger partial charge in [0.25, 0.3) is 0 Å². The first-order chi connectivity index (χ1) is 10.6. The number of amides is 1. The van der Waals surface area contributed by atoms with Crippen molar-refractivity contribution in [2.75, 3.05) is 0 Å². The molecule has 0 unspecified atom stereocenters. The van der Waals surface area contributed by atoms with Crippen molar-refractivity contribution in [3.8, 4) is 0 Å². The van der Waals surface area contributed by atoms with Crippen molar-refractivity contribution in [1.29, 1.82) is 0 Å². The second-order valence-electron chi connectivity index (χ2n) is 4.56. The molecule has 0 saturated heterocycles. The monoisotopic (exact) mass is 293 g/mol. The summed E-state index contributed by atoms with van der Waals surface area (Å²) in [7, 11) is 0. The fraction of sp³-hybridized carbons (Fsp3) is 0. The normalized spacial score (nSPS) is 9.64. The Kier molecular flexibility index (Phi) is 4.88. The number of benzene rings is 3. The summed E-state index contributed by atoms with van der Waals surface area (Å²) >= 11 is 0. The van der Waals surface area contributed by atoms with Gasteiger partial charge in [-0.1, -0.05) is 54.6 Å². The van der Waals surface area contributed by atoms with Crippen molar-refractivity contribution in [3.05, 3.63) is 83.9 Å². The summed E-state index contributed by atoms with van der Waals surface area (Å²) in [6, 6.07) is 21.5. The summed E-state index contributed by atoms with van der Waals surface area (Å²) in [5.41, 5.74) is 6.15. The van der Waals surface area contributed by atoms with Crippen LogP contribution < -0.4 is 5.73 Å². The molecule has 1 amide bonds. The molecule has 0 aliphatic carbocycles. The Hall–Kier alpha value is -3.14. The van der Waals surface area contributed by atoms with Gasteiger partial charge in [0, 0.05) is 5.56 Å². The van der Waals surface area contributed by atoms with Gasteiger partial charge in [0.2, 0.25) is 5.91 Å². The van der Waals surface area contributed by atoms with Crippen molar-refractivity contribution in [3.63, 3.8) is 0 Å². The average molecular weight is 293 g/mol. The van der Waals surface area contributed by atoms with E-state index in [1.54, 1.807) is 36.4 Å². The largest absolute Gasteiger partial charge is 0.478 e. The van der Waals surface area contributed by atoms with E-state index in [4.69, 9.17) is 10.8 Å². The SMILES string of the molecule is NC(=O)c1cccc2ccccc12.O=C(O)c1ccccc1. The third-order valence-electron chi connectivity index (χ3n) is 3.08. The van der Waals surface area contributed by atoms with Crippen LogP contribution in [-0.4, -0.2) is 17.0 Å². The maximum absolute atomic E-state index is 11.0. The zero-order chi connectivity index (χ0) is 15.9. The van der Waals surface area contributed by atoms with Crippen LogP contribution in [0.3, 0.4) is 0 Å². The molecule has 4 nitrogen and oxygen atoms in total. The topological polar surface area (TPSA) is 80.4 Å². The maximum atomic E-state index is 11.0. The molecule has 0 atom stereocenters. The summed E-state index contributed by atoms with van der Waals surface area (Å²) in [6.45, 7) is 0. The van der Waals surface area contributed by atoms with E-state index in [-0.39, 0.29) is 5.91 Å². The molecule has 0 saturated carbocycles. The van der Waals surface area contributed by atoms with Crippen molar-refractivity contribution in [1.82, 2.24) is 0 Å². The second kappa shape index (κ2) is 7.04. The van der Waals surface area contributed by atoms with Crippen LogP contribution in [-0.2, 0) is 0 Å². The van der Waals surface area contributed by atoms with Crippen LogP contribution >= 0.6 is 0 Å². The first kappa shape index (κ1) is 15.3. The lowest BCUT2D eigenvalue weighted by Gasteiger charge is -2.01. The standard InChI is InChI=1S/C11H9NO.C7H6O2/c12-11(13)10-7-3-5-8-4-1-2-6-9(8)10;8-7(9)6-4-2-1-3-5-6/h1-7H,(H2,12,13);1-5H,(H,8,9). The molecule has 110 valence electrons. The number of carboxylic acid groups (broad SMARTS) is 1. The van der Waals surface area contributed by atoms with Crippen molar-refractivity contribution in [2.24, 2.45) is 5.73 Å². The fourth-order valence-electron chi connectivity index (χ4n) is 2.02. The van der Waals surface area contributed by atoms with Gasteiger partial charge in [0.15, 0.2) is 0 Å². The Bertz CT molecular complexity index is 792. The van der Waals surface area contributed by atoms with E-state index in [0.717, 1.165) is 10.8 Å². The highest BCUT2D eigenvalue weighted by atomic mass is 16.4. The molecule has 0 aliphatic rings. The Morgan fingerprint density at radius 1 is 0.773 bits per heavy atom. The number of nitrogens with two attached hydrogens (primary N) is 1. The van der Waals surface area contributed by atoms with Gasteiger partial charge in [-0.25, -0.2) is 4.79 Å². The van der Waals surface area contributed by atoms with Gasteiger partial charge in [-0.05, 0) is 29.0 Å². The van der Waals surface area contributed by atoms with Gasteiger partial charge in [0.05, 0.1) is 5.56 Å². The lowest BCUT2D eigenvalue weighted by molar-refractivity contribution is 0.0696. The van der Waals surface area contributed by atoms with Gasteiger partial charge in [-0.3, -0.25) is 4.79 Å². The smallest absolute Gasteiger partial charge is 0.335 e. The van der Waals surface area contributed by atoms with Crippen LogP contribution in [0.1, 0.15) is 20.7 Å². The number of fused-ring (bicyclic) bond motifs is 1. The van der Waals surface area contributed by atoms with Gasteiger partial charge in [0.1, 0.15) is 0 Å². The predicted octanol–water partition coefficient (Wildman–Crippen LogP) is 3.32. The number of hydrogen-bond acceptors (Lipinski definition) is 2. The molecule has 3 aromatic rings. The van der Waals surface area contributed by atoms with E-state index >= 15 is 0 Å². The average Bonchev–Trinajstić information content (AvgIpc) is 2.55. The predicted molar refractivity (Wildman–Crippen MR) is 85.9 cm³/mol. The van der Waals surface area contributed by atoms with E-state index in [2.05, 4.69) is 0 Å². The maximum Gasteiger partial charge on any atom is 0.335 e. The molecule has 22 heavy (non-hydrogen) atoms. The summed E-state index contributed by atoms with van der Waals surface area (Å²) in [5.74, 6) is -1.26. The van der Waals surface area contributed by atoms with Crippen LogP contribution in [0.25, 0.3) is 10.8 Å². The minimum absolute atomic E-state index is 0.331. The molecule has 0 bridgehead atoms. The first-order valence-corrected chi connectivity index (χ1v) is 6.65. The Balaban J connectivity index is 0.000000172. The first-order valence-electron chi connectivity index (χ1n) is 6.65. The molecule has 0 aliphatic heterocycles. The molecule has 3 aromatic carbocycles. The third kappa shape index (κ3) is 3.70. The van der Waals surface area contributed by atoms with Crippen molar-refractivity contribution in [2.45, 2.75) is 0 Å². The lowest BCUT2D eigenvalue weighted by Crippen LogP contribution is -2.11. The van der Waals surface area contributed by atoms with Crippen molar-refractivity contribution < 1.29 is 14.7 Å². The summed E-state index contributed by atoms with van der Waals surface area (Å²) < 4.78 is 0. The quantitative estimate of drug-likeness (QED) is 0.760. The molecule has 0 heterocycles. The molecular formula is C18H15NO3. The summed E-state index contributed by atoms with van der Waals surface area (Å²) in [5, 5.41) is 10.3. The van der Waals surface area contributed by atoms with E-state index in [0.29, 0.717) is 11.1 Å². The molecule has 3 rings (SSSR count). The number of aromatic carboxylic acids is 1. The molecule has 0 spiro atoms. The highest BCUT2D eigenvalue weighted by Gasteiger charge is 2.03. The van der Waals surface area contributed by atoms with Gasteiger partial charge < -0.3 is 10.8 Å². The zero-order valence-electron chi connectivity index (χ0n) is 11.8.